The molecule has 1 amide bonds. The number of nitrogens with zero attached hydrogens (tertiary/aromatic N) is 1. The van der Waals surface area contributed by atoms with Crippen LogP contribution in [0.2, 0.25) is 0 Å². The summed E-state index contributed by atoms with van der Waals surface area (Å²) in [5.41, 5.74) is 2.23. The van der Waals surface area contributed by atoms with Gasteiger partial charge in [-0.2, -0.15) is 0 Å². The lowest BCUT2D eigenvalue weighted by molar-refractivity contribution is -0.128. The summed E-state index contributed by atoms with van der Waals surface area (Å²) in [6, 6.07) is 8.66. The molecule has 1 fully saturated rings. The van der Waals surface area contributed by atoms with Crippen molar-refractivity contribution in [1.82, 2.24) is 4.90 Å². The molecule has 4 nitrogen and oxygen atoms in total. The lowest BCUT2D eigenvalue weighted by atomic mass is 9.93. The number of benzene rings is 1. The topological polar surface area (TPSA) is 52.6 Å². The molecule has 1 aliphatic carbocycles. The first-order valence-electron chi connectivity index (χ1n) is 7.30. The summed E-state index contributed by atoms with van der Waals surface area (Å²) in [4.78, 5) is 13.0. The van der Waals surface area contributed by atoms with Gasteiger partial charge in [0.15, 0.2) is 0 Å². The molecule has 0 saturated heterocycles. The summed E-state index contributed by atoms with van der Waals surface area (Å²) in [5.74, 6) is 0.0737. The first kappa shape index (κ1) is 14.9. The highest BCUT2D eigenvalue weighted by atomic mass is 16.3. The Morgan fingerprint density at radius 2 is 2.05 bits per heavy atom. The first-order chi connectivity index (χ1) is 9.54. The van der Waals surface area contributed by atoms with E-state index in [0.717, 1.165) is 36.9 Å². The monoisotopic (exact) mass is 276 g/mol. The molecule has 0 aromatic heterocycles. The summed E-state index contributed by atoms with van der Waals surface area (Å²) >= 11 is 0. The van der Waals surface area contributed by atoms with Crippen molar-refractivity contribution in [3.8, 4) is 0 Å². The molecule has 1 aliphatic rings. The molecular formula is C16H24N2O2. The zero-order chi connectivity index (χ0) is 14.5. The van der Waals surface area contributed by atoms with Gasteiger partial charge in [-0.3, -0.25) is 4.79 Å². The van der Waals surface area contributed by atoms with Gasteiger partial charge in [-0.25, -0.2) is 0 Å². The van der Waals surface area contributed by atoms with Gasteiger partial charge in [-0.15, -0.1) is 0 Å². The van der Waals surface area contributed by atoms with Crippen LogP contribution in [0.1, 0.15) is 38.2 Å². The number of nitrogens with one attached hydrogen (secondary N) is 1. The minimum Gasteiger partial charge on any atom is -0.393 e. The van der Waals surface area contributed by atoms with E-state index < -0.39 is 0 Å². The zero-order valence-corrected chi connectivity index (χ0v) is 12.3. The minimum atomic E-state index is -0.122. The molecule has 0 atom stereocenters. The fraction of sp³-hybridized carbons (Fsp3) is 0.562. The molecule has 0 radical (unpaired) electrons. The SMILES string of the molecule is CC(=O)N(C)Cc1cccc(NC2CCC(O)CC2)c1. The van der Waals surface area contributed by atoms with E-state index in [0.29, 0.717) is 12.6 Å². The molecule has 20 heavy (non-hydrogen) atoms. The Morgan fingerprint density at radius 1 is 1.35 bits per heavy atom. The molecule has 1 aromatic rings. The Hall–Kier alpha value is -1.55. The number of aliphatic hydroxyl groups is 1. The van der Waals surface area contributed by atoms with Crippen molar-refractivity contribution in [2.45, 2.75) is 51.3 Å². The normalized spacial score (nSPS) is 22.4. The summed E-state index contributed by atoms with van der Waals surface area (Å²) in [6.07, 6.45) is 3.66. The van der Waals surface area contributed by atoms with Crippen LogP contribution in [-0.4, -0.2) is 35.1 Å². The quantitative estimate of drug-likeness (QED) is 0.887. The van der Waals surface area contributed by atoms with E-state index in [-0.39, 0.29) is 12.0 Å². The summed E-state index contributed by atoms with van der Waals surface area (Å²) in [7, 11) is 1.81. The molecule has 0 heterocycles. The molecule has 0 aliphatic heterocycles. The largest absolute Gasteiger partial charge is 0.393 e. The average molecular weight is 276 g/mol. The fourth-order valence-electron chi connectivity index (χ4n) is 2.60. The number of amides is 1. The molecule has 1 aromatic carbocycles. The van der Waals surface area contributed by atoms with Crippen LogP contribution < -0.4 is 5.32 Å². The number of carbonyl (C=O) groups excluding carboxylic acids is 1. The van der Waals surface area contributed by atoms with Crippen LogP contribution in [0.25, 0.3) is 0 Å². The maximum atomic E-state index is 11.3. The number of carbonyl (C=O) groups is 1. The average Bonchev–Trinajstić information content (AvgIpc) is 2.42. The molecule has 110 valence electrons. The van der Waals surface area contributed by atoms with Crippen molar-refractivity contribution in [3.05, 3.63) is 29.8 Å². The molecule has 2 rings (SSSR count). The minimum absolute atomic E-state index is 0.0737. The number of anilines is 1. The molecular weight excluding hydrogens is 252 g/mol. The highest BCUT2D eigenvalue weighted by Crippen LogP contribution is 2.22. The van der Waals surface area contributed by atoms with E-state index in [4.69, 9.17) is 0 Å². The van der Waals surface area contributed by atoms with E-state index in [9.17, 15) is 9.90 Å². The maximum Gasteiger partial charge on any atom is 0.219 e. The Balaban J connectivity index is 1.94. The number of aliphatic hydroxyl groups excluding tert-OH is 1. The number of hydrogen-bond acceptors (Lipinski definition) is 3. The van der Waals surface area contributed by atoms with Crippen molar-refractivity contribution in [2.24, 2.45) is 0 Å². The fourth-order valence-corrected chi connectivity index (χ4v) is 2.60. The second kappa shape index (κ2) is 6.75. The number of rotatable bonds is 4. The van der Waals surface area contributed by atoms with Crippen LogP contribution >= 0.6 is 0 Å². The molecule has 0 spiro atoms. The van der Waals surface area contributed by atoms with Gasteiger partial charge in [0.05, 0.1) is 6.10 Å². The van der Waals surface area contributed by atoms with Gasteiger partial charge in [-0.1, -0.05) is 12.1 Å². The second-order valence-electron chi connectivity index (χ2n) is 5.73. The van der Waals surface area contributed by atoms with Crippen LogP contribution in [0.3, 0.4) is 0 Å². The third kappa shape index (κ3) is 4.23. The van der Waals surface area contributed by atoms with Gasteiger partial charge in [0.25, 0.3) is 0 Å². The number of hydrogen-bond donors (Lipinski definition) is 2. The molecule has 0 unspecified atom stereocenters. The van der Waals surface area contributed by atoms with E-state index >= 15 is 0 Å². The summed E-state index contributed by atoms with van der Waals surface area (Å²) < 4.78 is 0. The smallest absolute Gasteiger partial charge is 0.219 e. The van der Waals surface area contributed by atoms with Crippen molar-refractivity contribution < 1.29 is 9.90 Å². The predicted molar refractivity (Wildman–Crippen MR) is 80.5 cm³/mol. The van der Waals surface area contributed by atoms with Gasteiger partial charge in [0.1, 0.15) is 0 Å². The highest BCUT2D eigenvalue weighted by Gasteiger charge is 2.19. The van der Waals surface area contributed by atoms with Crippen molar-refractivity contribution in [1.29, 1.82) is 0 Å². The van der Waals surface area contributed by atoms with Crippen LogP contribution in [-0.2, 0) is 11.3 Å². The summed E-state index contributed by atoms with van der Waals surface area (Å²) in [5, 5.41) is 13.1. The first-order valence-corrected chi connectivity index (χ1v) is 7.30. The highest BCUT2D eigenvalue weighted by molar-refractivity contribution is 5.72. The van der Waals surface area contributed by atoms with E-state index in [1.165, 1.54) is 0 Å². The Morgan fingerprint density at radius 3 is 2.70 bits per heavy atom. The van der Waals surface area contributed by atoms with Crippen molar-refractivity contribution in [3.63, 3.8) is 0 Å². The van der Waals surface area contributed by atoms with Crippen molar-refractivity contribution in [2.75, 3.05) is 12.4 Å². The van der Waals surface area contributed by atoms with Gasteiger partial charge in [-0.05, 0) is 43.4 Å². The van der Waals surface area contributed by atoms with Crippen LogP contribution in [0, 0.1) is 0 Å². The van der Waals surface area contributed by atoms with Crippen LogP contribution in [0.5, 0.6) is 0 Å². The Labute approximate surface area is 120 Å². The maximum absolute atomic E-state index is 11.3. The van der Waals surface area contributed by atoms with E-state index in [2.05, 4.69) is 17.4 Å². The van der Waals surface area contributed by atoms with Crippen molar-refractivity contribution >= 4 is 11.6 Å². The van der Waals surface area contributed by atoms with Crippen LogP contribution in [0.15, 0.2) is 24.3 Å². The van der Waals surface area contributed by atoms with Gasteiger partial charge >= 0.3 is 0 Å². The third-order valence-corrected chi connectivity index (χ3v) is 3.95. The van der Waals surface area contributed by atoms with Gasteiger partial charge < -0.3 is 15.3 Å². The predicted octanol–water partition coefficient (Wildman–Crippen LogP) is 2.38. The Bertz CT molecular complexity index is 454. The Kier molecular flexibility index (Phi) is 5.01. The molecule has 4 heteroatoms. The third-order valence-electron chi connectivity index (χ3n) is 3.95. The standard InChI is InChI=1S/C16H24N2O2/c1-12(19)18(2)11-13-4-3-5-15(10-13)17-14-6-8-16(20)9-7-14/h3-5,10,14,16-17,20H,6-9,11H2,1-2H3. The molecule has 2 N–H and O–H groups in total. The van der Waals surface area contributed by atoms with Gasteiger partial charge in [0.2, 0.25) is 5.91 Å². The van der Waals surface area contributed by atoms with E-state index in [1.807, 2.05) is 19.2 Å². The van der Waals surface area contributed by atoms with Gasteiger partial charge in [0, 0.05) is 32.2 Å². The zero-order valence-electron chi connectivity index (χ0n) is 12.3. The molecule has 0 bridgehead atoms. The van der Waals surface area contributed by atoms with E-state index in [1.54, 1.807) is 11.8 Å². The second-order valence-corrected chi connectivity index (χ2v) is 5.73. The van der Waals surface area contributed by atoms with Crippen LogP contribution in [0.4, 0.5) is 5.69 Å². The summed E-state index contributed by atoms with van der Waals surface area (Å²) in [6.45, 7) is 2.21. The lowest BCUT2D eigenvalue weighted by Gasteiger charge is -2.27. The lowest BCUT2D eigenvalue weighted by Crippen LogP contribution is -2.28. The molecule has 1 saturated carbocycles.